The summed E-state index contributed by atoms with van der Waals surface area (Å²) in [6, 6.07) is 30.6. The Labute approximate surface area is 192 Å². The quantitative estimate of drug-likeness (QED) is 0.239. The van der Waals surface area contributed by atoms with Gasteiger partial charge in [-0.3, -0.25) is 9.97 Å². The van der Waals surface area contributed by atoms with Crippen molar-refractivity contribution in [1.82, 2.24) is 9.97 Å². The Morgan fingerprint density at radius 2 is 0.774 bits per heavy atom. The Hall–Kier alpha value is -3.53. The van der Waals surface area contributed by atoms with E-state index in [9.17, 15) is 10.2 Å². The van der Waals surface area contributed by atoms with Gasteiger partial charge in [-0.15, -0.1) is 0 Å². The smallest absolute Gasteiger partial charge is 0.859 e. The van der Waals surface area contributed by atoms with Crippen LogP contribution in [0.25, 0.3) is 43.4 Å². The molecule has 0 radical (unpaired) electrons. The molecule has 0 amide bonds. The van der Waals surface area contributed by atoms with Gasteiger partial charge in [-0.05, 0) is 22.5 Å². The maximum atomic E-state index is 11.2. The summed E-state index contributed by atoms with van der Waals surface area (Å²) in [5, 5.41) is 28.7. The number of benzene rings is 4. The molecule has 0 aliphatic rings. The van der Waals surface area contributed by atoms with Gasteiger partial charge in [-0.1, -0.05) is 97.1 Å². The largest absolute Gasteiger partial charge is 3.00 e. The minimum atomic E-state index is -0.182. The number of fused-ring (bicyclic) bond motifs is 6. The van der Waals surface area contributed by atoms with Gasteiger partial charge in [0.2, 0.25) is 0 Å². The zero-order valence-corrected chi connectivity index (χ0v) is 18.7. The summed E-state index contributed by atoms with van der Waals surface area (Å²) < 4.78 is 0. The molecule has 0 bridgehead atoms. The standard InChI is InChI=1S/2C13H9NO.Ir/c2*15-12-8-7-10-6-5-9-3-1-2-4-11(9)13(10)14-12;/h2*1-8H,(H,14,15);/q;;+3/p-2. The summed E-state index contributed by atoms with van der Waals surface area (Å²) in [6.45, 7) is 0. The van der Waals surface area contributed by atoms with E-state index in [4.69, 9.17) is 0 Å². The Balaban J connectivity index is 0.000000144. The molecule has 6 rings (SSSR count). The Kier molecular flexibility index (Phi) is 5.81. The van der Waals surface area contributed by atoms with E-state index >= 15 is 0 Å². The molecule has 0 unspecified atom stereocenters. The van der Waals surface area contributed by atoms with E-state index in [2.05, 4.69) is 9.97 Å². The van der Waals surface area contributed by atoms with Crippen molar-refractivity contribution in [2.45, 2.75) is 0 Å². The second kappa shape index (κ2) is 8.68. The molecule has 4 nitrogen and oxygen atoms in total. The topological polar surface area (TPSA) is 71.9 Å². The number of pyridine rings is 2. The number of rotatable bonds is 0. The molecule has 0 spiro atoms. The maximum Gasteiger partial charge on any atom is 3.00 e. The summed E-state index contributed by atoms with van der Waals surface area (Å²) in [6.07, 6.45) is 0. The van der Waals surface area contributed by atoms with Gasteiger partial charge < -0.3 is 10.2 Å². The van der Waals surface area contributed by atoms with Gasteiger partial charge >= 0.3 is 20.1 Å². The van der Waals surface area contributed by atoms with E-state index in [1.54, 1.807) is 0 Å². The van der Waals surface area contributed by atoms with Crippen LogP contribution in [-0.4, -0.2) is 9.97 Å². The van der Waals surface area contributed by atoms with Crippen LogP contribution in [0.5, 0.6) is 11.8 Å². The first-order chi connectivity index (χ1) is 14.7. The molecule has 4 aromatic carbocycles. The van der Waals surface area contributed by atoms with Crippen LogP contribution < -0.4 is 10.2 Å². The molecule has 6 aromatic rings. The van der Waals surface area contributed by atoms with Gasteiger partial charge in [0.25, 0.3) is 0 Å². The van der Waals surface area contributed by atoms with Crippen LogP contribution in [0.4, 0.5) is 0 Å². The second-order valence-corrected chi connectivity index (χ2v) is 7.02. The molecule has 2 aromatic heterocycles. The summed E-state index contributed by atoms with van der Waals surface area (Å²) in [7, 11) is 0. The fourth-order valence-electron chi connectivity index (χ4n) is 3.68. The summed E-state index contributed by atoms with van der Waals surface area (Å²) in [5.74, 6) is -0.363. The monoisotopic (exact) mass is 581 g/mol. The summed E-state index contributed by atoms with van der Waals surface area (Å²) >= 11 is 0. The molecule has 0 fully saturated rings. The fourth-order valence-corrected chi connectivity index (χ4v) is 3.68. The first kappa shape index (κ1) is 20.7. The van der Waals surface area contributed by atoms with E-state index in [-0.39, 0.29) is 31.9 Å². The normalized spacial score (nSPS) is 10.6. The predicted molar refractivity (Wildman–Crippen MR) is 117 cm³/mol. The van der Waals surface area contributed by atoms with Crippen molar-refractivity contribution in [3.63, 3.8) is 0 Å². The van der Waals surface area contributed by atoms with Crippen molar-refractivity contribution in [3.05, 3.63) is 97.1 Å². The number of hydrogen-bond acceptors (Lipinski definition) is 4. The van der Waals surface area contributed by atoms with Gasteiger partial charge in [0.15, 0.2) is 0 Å². The number of hydrogen-bond donors (Lipinski definition) is 0. The summed E-state index contributed by atoms with van der Waals surface area (Å²) in [4.78, 5) is 8.10. The molecule has 0 aliphatic carbocycles. The van der Waals surface area contributed by atoms with E-state index in [0.29, 0.717) is 0 Å². The van der Waals surface area contributed by atoms with Crippen LogP contribution in [0, 0.1) is 0 Å². The molecule has 0 atom stereocenters. The van der Waals surface area contributed by atoms with E-state index < -0.39 is 0 Å². The molecule has 0 aliphatic heterocycles. The van der Waals surface area contributed by atoms with Crippen LogP contribution in [0.2, 0.25) is 0 Å². The van der Waals surface area contributed by atoms with E-state index in [1.807, 2.05) is 84.9 Å². The van der Waals surface area contributed by atoms with Crippen molar-refractivity contribution >= 4 is 43.4 Å². The SMILES string of the molecule is [Ir+3].[O-]c1ccc2ccc3ccccc3c2n1.[O-]c1ccc2ccc3ccccc3c2n1. The fraction of sp³-hybridized carbons (Fsp3) is 0. The minimum absolute atomic E-state index is 0. The number of aromatic nitrogens is 2. The van der Waals surface area contributed by atoms with E-state index in [0.717, 1.165) is 43.4 Å². The molecule has 0 saturated heterocycles. The van der Waals surface area contributed by atoms with Gasteiger partial charge in [-0.25, -0.2) is 0 Å². The first-order valence-corrected chi connectivity index (χ1v) is 9.60. The van der Waals surface area contributed by atoms with E-state index in [1.165, 1.54) is 12.1 Å². The Bertz CT molecular complexity index is 1420. The third kappa shape index (κ3) is 4.06. The average Bonchev–Trinajstić information content (AvgIpc) is 2.79. The van der Waals surface area contributed by atoms with Crippen LogP contribution in [0.3, 0.4) is 0 Å². The van der Waals surface area contributed by atoms with Crippen molar-refractivity contribution in [1.29, 1.82) is 0 Å². The van der Waals surface area contributed by atoms with Crippen molar-refractivity contribution in [2.24, 2.45) is 0 Å². The van der Waals surface area contributed by atoms with Crippen molar-refractivity contribution in [3.8, 4) is 11.8 Å². The molecule has 5 heteroatoms. The number of nitrogens with zero attached hydrogens (tertiary/aromatic N) is 2. The Morgan fingerprint density at radius 1 is 0.419 bits per heavy atom. The third-order valence-corrected chi connectivity index (χ3v) is 5.12. The van der Waals surface area contributed by atoms with Gasteiger partial charge in [-0.2, -0.15) is 0 Å². The Morgan fingerprint density at radius 3 is 1.23 bits per heavy atom. The first-order valence-electron chi connectivity index (χ1n) is 9.60. The average molecular weight is 581 g/mol. The minimum Gasteiger partial charge on any atom is -0.859 e. The van der Waals surface area contributed by atoms with Gasteiger partial charge in [0.1, 0.15) is 0 Å². The molecular weight excluding hydrogens is 565 g/mol. The van der Waals surface area contributed by atoms with Crippen molar-refractivity contribution in [2.75, 3.05) is 0 Å². The van der Waals surface area contributed by atoms with Crippen LogP contribution in [-0.2, 0) is 20.1 Å². The molecule has 0 saturated carbocycles. The van der Waals surface area contributed by atoms with Gasteiger partial charge in [0, 0.05) is 21.5 Å². The third-order valence-electron chi connectivity index (χ3n) is 5.12. The molecular formula is C26H16IrN2O2+. The maximum absolute atomic E-state index is 11.2. The molecule has 31 heavy (non-hydrogen) atoms. The zero-order chi connectivity index (χ0) is 20.5. The molecule has 150 valence electrons. The zero-order valence-electron chi connectivity index (χ0n) is 16.3. The van der Waals surface area contributed by atoms with Crippen LogP contribution in [0.15, 0.2) is 97.1 Å². The predicted octanol–water partition coefficient (Wildman–Crippen LogP) is 4.92. The molecule has 0 N–H and O–H groups in total. The molecule has 2 heterocycles. The second-order valence-electron chi connectivity index (χ2n) is 7.02. The van der Waals surface area contributed by atoms with Crippen LogP contribution >= 0.6 is 0 Å². The van der Waals surface area contributed by atoms with Crippen molar-refractivity contribution < 1.29 is 30.3 Å². The van der Waals surface area contributed by atoms with Gasteiger partial charge in [0.05, 0.1) is 11.0 Å². The summed E-state index contributed by atoms with van der Waals surface area (Å²) in [5.41, 5.74) is 1.58. The van der Waals surface area contributed by atoms with Crippen LogP contribution in [0.1, 0.15) is 0 Å².